The first-order valence-corrected chi connectivity index (χ1v) is 10.3. The SMILES string of the molecule is CCOC(=O)C(CCC=Cc1cc(C(F)(F)F)cc(C(F)(F)F)c1)c1cc(C(F)(F)F)ncc1Cl. The second-order valence-electron chi connectivity index (χ2n) is 7.21. The summed E-state index contributed by atoms with van der Waals surface area (Å²) in [5.41, 5.74) is -4.93. The molecule has 0 saturated heterocycles. The maximum atomic E-state index is 13.0. The van der Waals surface area contributed by atoms with Crippen molar-refractivity contribution in [1.29, 1.82) is 0 Å². The Morgan fingerprint density at radius 1 is 0.971 bits per heavy atom. The summed E-state index contributed by atoms with van der Waals surface area (Å²) < 4.78 is 122. The quantitative estimate of drug-likeness (QED) is 0.268. The summed E-state index contributed by atoms with van der Waals surface area (Å²) in [4.78, 5) is 15.6. The van der Waals surface area contributed by atoms with Gasteiger partial charge in [-0.05, 0) is 55.2 Å². The predicted molar refractivity (Wildman–Crippen MR) is 108 cm³/mol. The van der Waals surface area contributed by atoms with Crippen LogP contribution in [0.5, 0.6) is 0 Å². The molecule has 3 nitrogen and oxygen atoms in total. The Bertz CT molecular complexity index is 1040. The molecule has 0 radical (unpaired) electrons. The van der Waals surface area contributed by atoms with E-state index >= 15 is 0 Å². The molecular weight excluding hydrogens is 517 g/mol. The second kappa shape index (κ2) is 10.9. The lowest BCUT2D eigenvalue weighted by Crippen LogP contribution is -2.18. The number of nitrogens with zero attached hydrogens (tertiary/aromatic N) is 1. The van der Waals surface area contributed by atoms with E-state index in [1.54, 1.807) is 0 Å². The summed E-state index contributed by atoms with van der Waals surface area (Å²) >= 11 is 5.95. The number of carbonyl (C=O) groups excluding carboxylic acids is 1. The minimum absolute atomic E-state index is 0.0161. The molecule has 0 saturated carbocycles. The first-order valence-electron chi connectivity index (χ1n) is 9.89. The average molecular weight is 534 g/mol. The highest BCUT2D eigenvalue weighted by molar-refractivity contribution is 6.31. The number of halogens is 10. The van der Waals surface area contributed by atoms with Crippen LogP contribution >= 0.6 is 11.6 Å². The third-order valence-electron chi connectivity index (χ3n) is 4.66. The number of rotatable bonds is 7. The van der Waals surface area contributed by atoms with Gasteiger partial charge in [-0.2, -0.15) is 39.5 Å². The van der Waals surface area contributed by atoms with Gasteiger partial charge in [0.25, 0.3) is 0 Å². The molecule has 0 N–H and O–H groups in total. The second-order valence-corrected chi connectivity index (χ2v) is 7.62. The lowest BCUT2D eigenvalue weighted by molar-refractivity contribution is -0.146. The molecule has 1 heterocycles. The van der Waals surface area contributed by atoms with E-state index in [-0.39, 0.29) is 36.1 Å². The number of ether oxygens (including phenoxy) is 1. The summed E-state index contributed by atoms with van der Waals surface area (Å²) in [6.45, 7) is 1.38. The van der Waals surface area contributed by atoms with E-state index in [0.717, 1.165) is 12.3 Å². The predicted octanol–water partition coefficient (Wildman–Crippen LogP) is 7.93. The van der Waals surface area contributed by atoms with Crippen LogP contribution in [0.4, 0.5) is 39.5 Å². The van der Waals surface area contributed by atoms with Crippen LogP contribution in [-0.4, -0.2) is 17.6 Å². The average Bonchev–Trinajstić information content (AvgIpc) is 2.72. The van der Waals surface area contributed by atoms with Gasteiger partial charge in [-0.3, -0.25) is 9.78 Å². The normalized spacial score (nSPS) is 13.8. The van der Waals surface area contributed by atoms with E-state index in [1.165, 1.54) is 13.0 Å². The zero-order valence-corrected chi connectivity index (χ0v) is 18.5. The molecule has 2 aromatic rings. The van der Waals surface area contributed by atoms with Crippen molar-refractivity contribution in [3.8, 4) is 0 Å². The summed E-state index contributed by atoms with van der Waals surface area (Å²) in [6.07, 6.45) is -12.3. The van der Waals surface area contributed by atoms with E-state index in [1.807, 2.05) is 0 Å². The van der Waals surface area contributed by atoms with Crippen molar-refractivity contribution in [3.05, 3.63) is 69.5 Å². The highest BCUT2D eigenvalue weighted by Gasteiger charge is 2.37. The van der Waals surface area contributed by atoms with Crippen LogP contribution in [0.1, 0.15) is 53.6 Å². The van der Waals surface area contributed by atoms with Crippen molar-refractivity contribution in [2.75, 3.05) is 6.61 Å². The Balaban J connectivity index is 2.33. The Hall–Kier alpha value is -2.76. The fourth-order valence-electron chi connectivity index (χ4n) is 3.08. The lowest BCUT2D eigenvalue weighted by Gasteiger charge is -2.18. The van der Waals surface area contributed by atoms with Gasteiger partial charge < -0.3 is 4.74 Å². The minimum atomic E-state index is -5.02. The summed E-state index contributed by atoms with van der Waals surface area (Å²) in [5, 5.41) is -0.243. The van der Waals surface area contributed by atoms with Gasteiger partial charge in [-0.25, -0.2) is 0 Å². The Kier molecular flexibility index (Phi) is 8.85. The molecule has 0 aliphatic rings. The van der Waals surface area contributed by atoms with Crippen LogP contribution in [0.2, 0.25) is 5.02 Å². The van der Waals surface area contributed by atoms with Crippen molar-refractivity contribution in [3.63, 3.8) is 0 Å². The van der Waals surface area contributed by atoms with Gasteiger partial charge in [0.1, 0.15) is 5.69 Å². The van der Waals surface area contributed by atoms with Crippen LogP contribution in [0.15, 0.2) is 36.5 Å². The van der Waals surface area contributed by atoms with Crippen molar-refractivity contribution in [2.24, 2.45) is 0 Å². The Morgan fingerprint density at radius 2 is 1.54 bits per heavy atom. The molecular formula is C22H17ClF9NO2. The van der Waals surface area contributed by atoms with E-state index < -0.39 is 52.8 Å². The van der Waals surface area contributed by atoms with Gasteiger partial charge in [-0.1, -0.05) is 23.8 Å². The standard InChI is InChI=1S/C22H17ClF9NO2/c1-2-35-19(34)15(16-10-18(22(30,31)32)33-11-17(16)23)6-4-3-5-12-7-13(20(24,25)26)9-14(8-12)21(27,28)29/h3,5,7-11,15H,2,4,6H2,1H3. The number of hydrogen-bond acceptors (Lipinski definition) is 3. The molecule has 0 aliphatic carbocycles. The molecule has 0 spiro atoms. The van der Waals surface area contributed by atoms with E-state index in [9.17, 15) is 44.3 Å². The number of pyridine rings is 1. The van der Waals surface area contributed by atoms with Crippen molar-refractivity contribution in [2.45, 2.75) is 44.2 Å². The summed E-state index contributed by atoms with van der Waals surface area (Å²) in [7, 11) is 0. The number of carbonyl (C=O) groups is 1. The zero-order valence-electron chi connectivity index (χ0n) is 17.8. The first-order chi connectivity index (χ1) is 16.0. The number of aromatic nitrogens is 1. The number of esters is 1. The molecule has 0 aliphatic heterocycles. The monoisotopic (exact) mass is 533 g/mol. The molecule has 0 amide bonds. The molecule has 13 heteroatoms. The number of alkyl halides is 9. The topological polar surface area (TPSA) is 39.2 Å². The Labute approximate surface area is 198 Å². The zero-order chi connectivity index (χ0) is 26.6. The van der Waals surface area contributed by atoms with Crippen LogP contribution < -0.4 is 0 Å². The summed E-state index contributed by atoms with van der Waals surface area (Å²) in [6, 6.07) is 1.61. The molecule has 2 rings (SSSR count). The molecule has 0 bridgehead atoms. The fraction of sp³-hybridized carbons (Fsp3) is 0.364. The van der Waals surface area contributed by atoms with Crippen LogP contribution in [0.25, 0.3) is 6.08 Å². The maximum absolute atomic E-state index is 13.0. The molecule has 0 fully saturated rings. The third kappa shape index (κ3) is 7.87. The van der Waals surface area contributed by atoms with Gasteiger partial charge in [0.15, 0.2) is 0 Å². The van der Waals surface area contributed by atoms with Crippen LogP contribution in [0, 0.1) is 0 Å². The smallest absolute Gasteiger partial charge is 0.433 e. The molecule has 35 heavy (non-hydrogen) atoms. The molecule has 1 aromatic heterocycles. The third-order valence-corrected chi connectivity index (χ3v) is 4.98. The number of benzene rings is 1. The van der Waals surface area contributed by atoms with Crippen molar-refractivity contribution < 1.29 is 49.0 Å². The first kappa shape index (κ1) is 28.5. The largest absolute Gasteiger partial charge is 0.466 e. The van der Waals surface area contributed by atoms with Gasteiger partial charge in [0, 0.05) is 6.20 Å². The molecule has 1 unspecified atom stereocenters. The highest BCUT2D eigenvalue weighted by atomic mass is 35.5. The van der Waals surface area contributed by atoms with E-state index in [0.29, 0.717) is 18.2 Å². The number of allylic oxidation sites excluding steroid dienone is 1. The van der Waals surface area contributed by atoms with Crippen molar-refractivity contribution in [1.82, 2.24) is 4.98 Å². The van der Waals surface area contributed by atoms with Crippen molar-refractivity contribution >= 4 is 23.6 Å². The fourth-order valence-corrected chi connectivity index (χ4v) is 3.31. The number of hydrogen-bond donors (Lipinski definition) is 0. The van der Waals surface area contributed by atoms with Gasteiger partial charge in [0.2, 0.25) is 0 Å². The summed E-state index contributed by atoms with van der Waals surface area (Å²) in [5.74, 6) is -2.19. The van der Waals surface area contributed by atoms with Crippen LogP contribution in [-0.2, 0) is 28.1 Å². The van der Waals surface area contributed by atoms with E-state index in [2.05, 4.69) is 4.98 Å². The lowest BCUT2D eigenvalue weighted by atomic mass is 9.93. The van der Waals surface area contributed by atoms with E-state index in [4.69, 9.17) is 16.3 Å². The molecule has 192 valence electrons. The minimum Gasteiger partial charge on any atom is -0.466 e. The van der Waals surface area contributed by atoms with Gasteiger partial charge in [0.05, 0.1) is 28.7 Å². The Morgan fingerprint density at radius 3 is 2.03 bits per heavy atom. The van der Waals surface area contributed by atoms with Gasteiger partial charge in [-0.15, -0.1) is 0 Å². The van der Waals surface area contributed by atoms with Gasteiger partial charge >= 0.3 is 24.5 Å². The molecule has 1 aromatic carbocycles. The molecule has 1 atom stereocenters. The highest BCUT2D eigenvalue weighted by Crippen LogP contribution is 2.37. The maximum Gasteiger partial charge on any atom is 0.433 e. The van der Waals surface area contributed by atoms with Crippen LogP contribution in [0.3, 0.4) is 0 Å².